The molecule has 0 atom stereocenters. The van der Waals surface area contributed by atoms with Crippen LogP contribution in [0, 0.1) is 6.92 Å². The summed E-state index contributed by atoms with van der Waals surface area (Å²) >= 11 is 0. The van der Waals surface area contributed by atoms with Gasteiger partial charge in [0.1, 0.15) is 0 Å². The molecule has 0 fully saturated rings. The molecule has 0 saturated heterocycles. The second-order valence-electron chi connectivity index (χ2n) is 7.94. The Hall–Kier alpha value is -3.68. The largest absolute Gasteiger partial charge is 0.433 e. The molecule has 0 bridgehead atoms. The number of carbonyl (C=O) groups is 1. The zero-order chi connectivity index (χ0) is 22.5. The summed E-state index contributed by atoms with van der Waals surface area (Å²) in [6, 6.07) is 17.2. The van der Waals surface area contributed by atoms with Crippen LogP contribution >= 0.6 is 0 Å². The molecule has 5 rings (SSSR count). The van der Waals surface area contributed by atoms with Gasteiger partial charge in [0.25, 0.3) is 5.91 Å². The number of amides is 1. The molecule has 8 heteroatoms. The lowest BCUT2D eigenvalue weighted by atomic mass is 10.00. The number of hydrogen-bond acceptors (Lipinski definition) is 3. The van der Waals surface area contributed by atoms with Gasteiger partial charge in [0, 0.05) is 24.7 Å². The summed E-state index contributed by atoms with van der Waals surface area (Å²) in [6.07, 6.45) is -3.96. The van der Waals surface area contributed by atoms with Crippen LogP contribution in [0.4, 0.5) is 13.2 Å². The van der Waals surface area contributed by atoms with E-state index in [1.807, 2.05) is 43.3 Å². The minimum atomic E-state index is -4.66. The SMILES string of the molecule is Cc1ccc(-c2cc(C(F)(F)F)n3nc(C(=O)N4CCc5ccccc5C4)cc3n2)cc1. The van der Waals surface area contributed by atoms with Crippen LogP contribution in [0.25, 0.3) is 16.9 Å². The van der Waals surface area contributed by atoms with E-state index in [-0.39, 0.29) is 17.0 Å². The molecule has 0 spiro atoms. The molecule has 1 amide bonds. The first-order valence-corrected chi connectivity index (χ1v) is 10.2. The second kappa shape index (κ2) is 7.47. The third-order valence-corrected chi connectivity index (χ3v) is 5.70. The zero-order valence-corrected chi connectivity index (χ0v) is 17.2. The van der Waals surface area contributed by atoms with Crippen molar-refractivity contribution < 1.29 is 18.0 Å². The molecule has 0 N–H and O–H groups in total. The van der Waals surface area contributed by atoms with Crippen molar-refractivity contribution in [1.29, 1.82) is 0 Å². The molecule has 0 radical (unpaired) electrons. The van der Waals surface area contributed by atoms with Gasteiger partial charge >= 0.3 is 6.18 Å². The van der Waals surface area contributed by atoms with Crippen molar-refractivity contribution in [3.63, 3.8) is 0 Å². The Labute approximate surface area is 182 Å². The molecule has 1 aliphatic rings. The van der Waals surface area contributed by atoms with Gasteiger partial charge in [-0.2, -0.15) is 18.3 Å². The summed E-state index contributed by atoms with van der Waals surface area (Å²) in [5.74, 6) is -0.407. The molecule has 5 nitrogen and oxygen atoms in total. The number of carbonyl (C=O) groups excluding carboxylic acids is 1. The minimum absolute atomic E-state index is 0.0174. The zero-order valence-electron chi connectivity index (χ0n) is 17.2. The standard InChI is InChI=1S/C24H19F3N4O/c1-15-6-8-17(9-7-15)19-12-21(24(25,26)27)31-22(28-19)13-20(29-31)23(32)30-11-10-16-4-2-3-5-18(16)14-30/h2-9,12-13H,10-11,14H2,1H3. The van der Waals surface area contributed by atoms with Crippen molar-refractivity contribution >= 4 is 11.6 Å². The monoisotopic (exact) mass is 436 g/mol. The maximum atomic E-state index is 13.8. The Morgan fingerprint density at radius 1 is 1.00 bits per heavy atom. The predicted octanol–water partition coefficient (Wildman–Crippen LogP) is 4.92. The summed E-state index contributed by atoms with van der Waals surface area (Å²) in [6.45, 7) is 2.78. The average Bonchev–Trinajstić information content (AvgIpc) is 3.21. The molecule has 0 aliphatic carbocycles. The third kappa shape index (κ3) is 3.62. The molecule has 1 aliphatic heterocycles. The molecular weight excluding hydrogens is 417 g/mol. The number of nitrogens with zero attached hydrogens (tertiary/aromatic N) is 4. The fourth-order valence-electron chi connectivity index (χ4n) is 3.98. The Morgan fingerprint density at radius 2 is 1.72 bits per heavy atom. The molecule has 4 aromatic rings. The lowest BCUT2D eigenvalue weighted by Gasteiger charge is -2.28. The van der Waals surface area contributed by atoms with E-state index < -0.39 is 17.8 Å². The van der Waals surface area contributed by atoms with Gasteiger partial charge in [0.15, 0.2) is 17.0 Å². The number of aryl methyl sites for hydroxylation is 1. The number of benzene rings is 2. The molecule has 162 valence electrons. The van der Waals surface area contributed by atoms with E-state index in [1.54, 1.807) is 17.0 Å². The first kappa shape index (κ1) is 20.2. The van der Waals surface area contributed by atoms with Crippen molar-refractivity contribution in [1.82, 2.24) is 19.5 Å². The summed E-state index contributed by atoms with van der Waals surface area (Å²) < 4.78 is 42.2. The van der Waals surface area contributed by atoms with Crippen LogP contribution in [-0.4, -0.2) is 31.9 Å². The van der Waals surface area contributed by atoms with Crippen LogP contribution in [0.3, 0.4) is 0 Å². The molecular formula is C24H19F3N4O. The van der Waals surface area contributed by atoms with Gasteiger partial charge in [0.05, 0.1) is 5.69 Å². The van der Waals surface area contributed by atoms with Gasteiger partial charge in [-0.1, -0.05) is 54.1 Å². The van der Waals surface area contributed by atoms with E-state index in [0.717, 1.165) is 17.2 Å². The molecule has 2 aromatic carbocycles. The molecule has 3 heterocycles. The van der Waals surface area contributed by atoms with Crippen LogP contribution in [0.2, 0.25) is 0 Å². The van der Waals surface area contributed by atoms with Gasteiger partial charge in [-0.05, 0) is 30.5 Å². The normalized spacial score (nSPS) is 13.9. The number of aromatic nitrogens is 3. The molecule has 0 saturated carbocycles. The third-order valence-electron chi connectivity index (χ3n) is 5.70. The van der Waals surface area contributed by atoms with Crippen molar-refractivity contribution in [2.45, 2.75) is 26.1 Å². The predicted molar refractivity (Wildman–Crippen MR) is 113 cm³/mol. The van der Waals surface area contributed by atoms with Crippen LogP contribution < -0.4 is 0 Å². The lowest BCUT2D eigenvalue weighted by molar-refractivity contribution is -0.142. The highest BCUT2D eigenvalue weighted by Gasteiger charge is 2.36. The van der Waals surface area contributed by atoms with Crippen molar-refractivity contribution in [3.8, 4) is 11.3 Å². The Bertz CT molecular complexity index is 1330. The maximum absolute atomic E-state index is 13.8. The highest BCUT2D eigenvalue weighted by atomic mass is 19.4. The van der Waals surface area contributed by atoms with E-state index in [9.17, 15) is 18.0 Å². The van der Waals surface area contributed by atoms with Gasteiger partial charge in [-0.3, -0.25) is 4.79 Å². The van der Waals surface area contributed by atoms with Crippen LogP contribution in [0.15, 0.2) is 60.7 Å². The highest BCUT2D eigenvalue weighted by Crippen LogP contribution is 2.32. The van der Waals surface area contributed by atoms with Crippen molar-refractivity contribution in [3.05, 3.63) is 88.7 Å². The topological polar surface area (TPSA) is 50.5 Å². The number of rotatable bonds is 2. The summed E-state index contributed by atoms with van der Waals surface area (Å²) in [5.41, 5.74) is 2.90. The fraction of sp³-hybridized carbons (Fsp3) is 0.208. The van der Waals surface area contributed by atoms with Crippen LogP contribution in [-0.2, 0) is 19.1 Å². The van der Waals surface area contributed by atoms with E-state index in [1.165, 1.54) is 11.6 Å². The van der Waals surface area contributed by atoms with E-state index in [2.05, 4.69) is 10.1 Å². The first-order chi connectivity index (χ1) is 15.3. The maximum Gasteiger partial charge on any atom is 0.433 e. The lowest BCUT2D eigenvalue weighted by Crippen LogP contribution is -2.36. The van der Waals surface area contributed by atoms with Crippen LogP contribution in [0.1, 0.15) is 32.9 Å². The molecule has 32 heavy (non-hydrogen) atoms. The smallest absolute Gasteiger partial charge is 0.333 e. The fourth-order valence-corrected chi connectivity index (χ4v) is 3.98. The van der Waals surface area contributed by atoms with Crippen LogP contribution in [0.5, 0.6) is 0 Å². The number of fused-ring (bicyclic) bond motifs is 2. The second-order valence-corrected chi connectivity index (χ2v) is 7.94. The van der Waals surface area contributed by atoms with E-state index in [4.69, 9.17) is 0 Å². The first-order valence-electron chi connectivity index (χ1n) is 10.2. The van der Waals surface area contributed by atoms with E-state index >= 15 is 0 Å². The Morgan fingerprint density at radius 3 is 2.44 bits per heavy atom. The quantitative estimate of drug-likeness (QED) is 0.448. The number of hydrogen-bond donors (Lipinski definition) is 0. The van der Waals surface area contributed by atoms with Crippen molar-refractivity contribution in [2.24, 2.45) is 0 Å². The molecule has 0 unspecified atom stereocenters. The Kier molecular flexibility index (Phi) is 4.73. The summed E-state index contributed by atoms with van der Waals surface area (Å²) in [4.78, 5) is 19.0. The Balaban J connectivity index is 1.55. The summed E-state index contributed by atoms with van der Waals surface area (Å²) in [7, 11) is 0. The van der Waals surface area contributed by atoms with Gasteiger partial charge in [-0.15, -0.1) is 0 Å². The van der Waals surface area contributed by atoms with Crippen molar-refractivity contribution in [2.75, 3.05) is 6.54 Å². The van der Waals surface area contributed by atoms with Gasteiger partial charge in [0.2, 0.25) is 0 Å². The number of halogens is 3. The number of alkyl halides is 3. The van der Waals surface area contributed by atoms with Gasteiger partial charge in [-0.25, -0.2) is 9.50 Å². The highest BCUT2D eigenvalue weighted by molar-refractivity contribution is 5.93. The molecule has 2 aromatic heterocycles. The summed E-state index contributed by atoms with van der Waals surface area (Å²) in [5, 5.41) is 4.00. The minimum Gasteiger partial charge on any atom is -0.333 e. The average molecular weight is 436 g/mol. The van der Waals surface area contributed by atoms with Gasteiger partial charge < -0.3 is 4.90 Å². The van der Waals surface area contributed by atoms with E-state index in [0.29, 0.717) is 29.6 Å².